The number of nitrogens with zero attached hydrogens (tertiary/aromatic N) is 1. The van der Waals surface area contributed by atoms with Gasteiger partial charge in [0.05, 0.1) is 0 Å². The predicted molar refractivity (Wildman–Crippen MR) is 56.3 cm³/mol. The second-order valence-corrected chi connectivity index (χ2v) is 3.25. The molecule has 16 heavy (non-hydrogen) atoms. The molecule has 0 N–H and O–H groups in total. The van der Waals surface area contributed by atoms with Crippen molar-refractivity contribution in [3.63, 3.8) is 0 Å². The van der Waals surface area contributed by atoms with Crippen molar-refractivity contribution < 1.29 is 56.6 Å². The molecule has 1 aromatic carbocycles. The van der Waals surface area contributed by atoms with Gasteiger partial charge in [-0.25, -0.2) is 0 Å². The quantitative estimate of drug-likeness (QED) is 0.328. The van der Waals surface area contributed by atoms with E-state index >= 15 is 0 Å². The zero-order valence-electron chi connectivity index (χ0n) is 11.2. The van der Waals surface area contributed by atoms with Crippen molar-refractivity contribution in [2.45, 2.75) is 19.9 Å². The predicted octanol–water partition coefficient (Wildman–Crippen LogP) is -5.77. The Kier molecular flexibility index (Phi) is 19.5. The minimum absolute atomic E-state index is 0. The van der Waals surface area contributed by atoms with Gasteiger partial charge in [-0.05, 0) is 0 Å². The average Bonchev–Trinajstić information content (AvgIpc) is 2.19. The fourth-order valence-corrected chi connectivity index (χ4v) is 1.03. The monoisotopic (exact) mass is 195 g/mol. The van der Waals surface area contributed by atoms with Crippen LogP contribution in [0.15, 0.2) is 24.3 Å². The van der Waals surface area contributed by atoms with Crippen molar-refractivity contribution in [2.24, 2.45) is 5.92 Å². The van der Waals surface area contributed by atoms with Gasteiger partial charge in [0.25, 0.3) is 0 Å². The van der Waals surface area contributed by atoms with E-state index in [1.54, 1.807) is 0 Å². The van der Waals surface area contributed by atoms with E-state index in [2.05, 4.69) is 31.3 Å². The van der Waals surface area contributed by atoms with E-state index in [1.807, 2.05) is 18.2 Å². The Hall–Kier alpha value is 0.972. The van der Waals surface area contributed by atoms with Crippen LogP contribution in [-0.2, 0) is 6.54 Å². The number of benzene rings is 1. The van der Waals surface area contributed by atoms with Crippen molar-refractivity contribution in [2.75, 3.05) is 6.54 Å². The topological polar surface area (TPSA) is 14.1 Å². The Bertz CT molecular complexity index is 229. The van der Waals surface area contributed by atoms with Crippen LogP contribution in [0.5, 0.6) is 0 Å². The Morgan fingerprint density at radius 3 is 2.56 bits per heavy atom. The molecule has 4 heteroatoms. The van der Waals surface area contributed by atoms with E-state index in [0.29, 0.717) is 5.92 Å². The smallest absolute Gasteiger partial charge is 0.670 e. The van der Waals surface area contributed by atoms with E-state index < -0.39 is 0 Å². The summed E-state index contributed by atoms with van der Waals surface area (Å²) in [5.74, 6) is 0.465. The van der Waals surface area contributed by atoms with Crippen LogP contribution in [0.4, 0.5) is 0 Å². The van der Waals surface area contributed by atoms with Gasteiger partial charge in [-0.15, -0.1) is 0 Å². The maximum atomic E-state index is 4.43. The van der Waals surface area contributed by atoms with Gasteiger partial charge < -0.3 is 12.2 Å². The number of hydrogen-bond donors (Lipinski definition) is 0. The first-order chi connectivity index (χ1) is 6.33. The first kappa shape index (κ1) is 22.2. The maximum Gasteiger partial charge on any atom is 1.00 e. The Balaban J connectivity index is -0.000000563. The molecular weight excluding hydrogens is 179 g/mol. The Morgan fingerprint density at radius 1 is 1.38 bits per heavy atom. The molecule has 0 aromatic heterocycles. The van der Waals surface area contributed by atoms with Gasteiger partial charge in [-0.1, -0.05) is 13.3 Å². The van der Waals surface area contributed by atoms with Crippen LogP contribution in [-0.4, -0.2) is 6.54 Å². The minimum atomic E-state index is 0. The molecule has 0 aliphatic rings. The van der Waals surface area contributed by atoms with Crippen molar-refractivity contribution in [3.8, 4) is 0 Å². The van der Waals surface area contributed by atoms with E-state index in [1.165, 1.54) is 5.56 Å². The van der Waals surface area contributed by atoms with E-state index in [0.717, 1.165) is 19.5 Å². The van der Waals surface area contributed by atoms with Crippen LogP contribution in [0, 0.1) is 18.9 Å². The first-order valence-electron chi connectivity index (χ1n) is 4.74. The third-order valence-electron chi connectivity index (χ3n) is 2.03. The molecule has 1 rings (SSSR count). The molecule has 0 heterocycles. The second kappa shape index (κ2) is 14.0. The first-order valence-corrected chi connectivity index (χ1v) is 4.74. The summed E-state index contributed by atoms with van der Waals surface area (Å²) < 4.78 is 0. The van der Waals surface area contributed by atoms with E-state index in [-0.39, 0.29) is 56.6 Å². The van der Waals surface area contributed by atoms with Crippen molar-refractivity contribution in [1.82, 2.24) is 0 Å². The molecule has 0 aliphatic heterocycles. The average molecular weight is 195 g/mol. The maximum absolute atomic E-state index is 4.43. The molecule has 0 amide bonds. The molecule has 72 valence electrons. The van der Waals surface area contributed by atoms with Gasteiger partial charge >= 0.3 is 56.6 Å². The van der Waals surface area contributed by atoms with Crippen LogP contribution in [0.2, 0.25) is 0 Å². The number of rotatable bonds is 5. The zero-order chi connectivity index (χ0) is 9.52. The summed E-state index contributed by atoms with van der Waals surface area (Å²) in [5, 5.41) is 4.43. The zero-order valence-corrected chi connectivity index (χ0v) is 11.2. The SMILES string of the molecule is [CH2-]C(CC)C[N-]Cc1c[c-]ccc1.[Li+].[Li+].[Li+]. The van der Waals surface area contributed by atoms with Crippen LogP contribution in [0.1, 0.15) is 18.9 Å². The molecular formula is C12H16Li3N. The molecule has 0 radical (unpaired) electrons. The molecule has 1 aromatic rings. The van der Waals surface area contributed by atoms with E-state index in [4.69, 9.17) is 0 Å². The van der Waals surface area contributed by atoms with Crippen molar-refractivity contribution in [1.29, 1.82) is 0 Å². The standard InChI is InChI=1S/C12H16N.3Li/c1-3-11(2)9-13-10-12-7-5-4-6-8-12;;;/h4-5,7-8,11H,2-3,9-10H2,1H3;;;/q-3;3*+1. The van der Waals surface area contributed by atoms with Gasteiger partial charge in [0.15, 0.2) is 0 Å². The van der Waals surface area contributed by atoms with Crippen LogP contribution >= 0.6 is 0 Å². The third-order valence-corrected chi connectivity index (χ3v) is 2.03. The molecule has 0 saturated heterocycles. The van der Waals surface area contributed by atoms with Gasteiger partial charge in [0, 0.05) is 0 Å². The van der Waals surface area contributed by atoms with Gasteiger partial charge in [0.1, 0.15) is 0 Å². The van der Waals surface area contributed by atoms with Crippen molar-refractivity contribution in [3.05, 3.63) is 48.1 Å². The van der Waals surface area contributed by atoms with Crippen LogP contribution < -0.4 is 56.6 Å². The summed E-state index contributed by atoms with van der Waals surface area (Å²) in [4.78, 5) is 0. The third kappa shape index (κ3) is 10.1. The van der Waals surface area contributed by atoms with E-state index in [9.17, 15) is 0 Å². The molecule has 0 spiro atoms. The number of hydrogen-bond acceptors (Lipinski definition) is 0. The molecule has 1 atom stereocenters. The normalized spacial score (nSPS) is 10.4. The van der Waals surface area contributed by atoms with Gasteiger partial charge in [-0.3, -0.25) is 0 Å². The second-order valence-electron chi connectivity index (χ2n) is 3.25. The molecule has 0 bridgehead atoms. The molecule has 0 saturated carbocycles. The molecule has 1 unspecified atom stereocenters. The van der Waals surface area contributed by atoms with Crippen LogP contribution in [0.3, 0.4) is 0 Å². The fraction of sp³-hybridized carbons (Fsp3) is 0.417. The van der Waals surface area contributed by atoms with Crippen molar-refractivity contribution >= 4 is 0 Å². The van der Waals surface area contributed by atoms with Gasteiger partial charge in [0.2, 0.25) is 0 Å². The summed E-state index contributed by atoms with van der Waals surface area (Å²) in [6, 6.07) is 11.0. The molecule has 0 fully saturated rings. The Labute approximate surface area is 136 Å². The summed E-state index contributed by atoms with van der Waals surface area (Å²) in [6.45, 7) is 7.79. The summed E-state index contributed by atoms with van der Waals surface area (Å²) in [5.41, 5.74) is 1.23. The Morgan fingerprint density at radius 2 is 2.06 bits per heavy atom. The summed E-state index contributed by atoms with van der Waals surface area (Å²) >= 11 is 0. The summed E-state index contributed by atoms with van der Waals surface area (Å²) in [6.07, 6.45) is 1.10. The molecule has 0 aliphatic carbocycles. The largest absolute Gasteiger partial charge is 1.00 e. The van der Waals surface area contributed by atoms with Crippen LogP contribution in [0.25, 0.3) is 5.32 Å². The van der Waals surface area contributed by atoms with Gasteiger partial charge in [-0.2, -0.15) is 54.9 Å². The summed E-state index contributed by atoms with van der Waals surface area (Å²) in [7, 11) is 0. The fourth-order valence-electron chi connectivity index (χ4n) is 1.03. The minimum Gasteiger partial charge on any atom is -0.670 e. The molecule has 1 nitrogen and oxygen atoms in total.